The normalized spacial score (nSPS) is 20.5. The SMILES string of the molecule is CC(C)N1CC(OCc2ccc(OC(F)(F)F)cc2)CN(C(=O)CC2CC2)CC1=O. The van der Waals surface area contributed by atoms with E-state index in [-0.39, 0.29) is 42.9 Å². The Labute approximate surface area is 173 Å². The molecule has 0 N–H and O–H groups in total. The van der Waals surface area contributed by atoms with Crippen LogP contribution in [0.25, 0.3) is 0 Å². The van der Waals surface area contributed by atoms with E-state index in [2.05, 4.69) is 4.74 Å². The fourth-order valence-corrected chi connectivity index (χ4v) is 3.44. The molecule has 2 aliphatic rings. The predicted octanol–water partition coefficient (Wildman–Crippen LogP) is 3.35. The standard InChI is InChI=1S/C21H27F3N2O4/c1-14(2)26-11-18(10-25(12-20(26)28)19(27)9-15-3-4-15)29-13-16-5-7-17(8-6-16)30-21(22,23)24/h5-8,14-15,18H,3-4,9-13H2,1-2H3. The molecule has 30 heavy (non-hydrogen) atoms. The van der Waals surface area contributed by atoms with E-state index in [9.17, 15) is 22.8 Å². The molecule has 3 rings (SSSR count). The second-order valence-electron chi connectivity index (χ2n) is 8.19. The maximum atomic E-state index is 12.6. The average molecular weight is 428 g/mol. The lowest BCUT2D eigenvalue weighted by molar-refractivity contribution is -0.274. The largest absolute Gasteiger partial charge is 0.573 e. The Morgan fingerprint density at radius 3 is 2.40 bits per heavy atom. The van der Waals surface area contributed by atoms with Crippen LogP contribution in [-0.2, 0) is 20.9 Å². The van der Waals surface area contributed by atoms with Crippen LogP contribution in [-0.4, -0.2) is 59.8 Å². The number of carbonyl (C=O) groups excluding carboxylic acids is 2. The van der Waals surface area contributed by atoms with Crippen molar-refractivity contribution in [2.45, 2.75) is 58.2 Å². The topological polar surface area (TPSA) is 59.1 Å². The van der Waals surface area contributed by atoms with Gasteiger partial charge in [0.2, 0.25) is 11.8 Å². The fourth-order valence-electron chi connectivity index (χ4n) is 3.44. The van der Waals surface area contributed by atoms with Gasteiger partial charge in [-0.15, -0.1) is 13.2 Å². The molecule has 9 heteroatoms. The van der Waals surface area contributed by atoms with Gasteiger partial charge >= 0.3 is 6.36 Å². The minimum atomic E-state index is -4.73. The highest BCUT2D eigenvalue weighted by Crippen LogP contribution is 2.33. The number of hydrogen-bond donors (Lipinski definition) is 0. The first-order chi connectivity index (χ1) is 14.1. The van der Waals surface area contributed by atoms with Crippen molar-refractivity contribution in [3.8, 4) is 5.75 Å². The second-order valence-corrected chi connectivity index (χ2v) is 8.19. The number of nitrogens with zero attached hydrogens (tertiary/aromatic N) is 2. The Balaban J connectivity index is 1.62. The minimum absolute atomic E-state index is 0.0270. The van der Waals surface area contributed by atoms with Gasteiger partial charge in [0.15, 0.2) is 0 Å². The lowest BCUT2D eigenvalue weighted by atomic mass is 10.2. The van der Waals surface area contributed by atoms with Crippen LogP contribution in [0.15, 0.2) is 24.3 Å². The highest BCUT2D eigenvalue weighted by molar-refractivity contribution is 5.85. The summed E-state index contributed by atoms with van der Waals surface area (Å²) in [5.41, 5.74) is 0.673. The molecule has 0 radical (unpaired) electrons. The van der Waals surface area contributed by atoms with Crippen molar-refractivity contribution in [3.63, 3.8) is 0 Å². The van der Waals surface area contributed by atoms with Crippen molar-refractivity contribution in [1.82, 2.24) is 9.80 Å². The van der Waals surface area contributed by atoms with Crippen LogP contribution in [0.3, 0.4) is 0 Å². The van der Waals surface area contributed by atoms with E-state index in [1.165, 1.54) is 24.3 Å². The maximum absolute atomic E-state index is 12.6. The molecule has 1 aliphatic heterocycles. The van der Waals surface area contributed by atoms with E-state index in [1.54, 1.807) is 9.80 Å². The van der Waals surface area contributed by atoms with Crippen LogP contribution in [0.1, 0.15) is 38.7 Å². The zero-order chi connectivity index (χ0) is 21.9. The zero-order valence-corrected chi connectivity index (χ0v) is 17.2. The van der Waals surface area contributed by atoms with Gasteiger partial charge < -0.3 is 19.3 Å². The Hall–Kier alpha value is -2.29. The van der Waals surface area contributed by atoms with Gasteiger partial charge in [-0.05, 0) is 50.3 Å². The first-order valence-electron chi connectivity index (χ1n) is 10.1. The molecular weight excluding hydrogens is 401 g/mol. The summed E-state index contributed by atoms with van der Waals surface area (Å²) in [5.74, 6) is -0.00407. The zero-order valence-electron chi connectivity index (χ0n) is 17.2. The average Bonchev–Trinajstić information content (AvgIpc) is 3.47. The van der Waals surface area contributed by atoms with Crippen LogP contribution >= 0.6 is 0 Å². The van der Waals surface area contributed by atoms with Crippen molar-refractivity contribution in [2.24, 2.45) is 5.92 Å². The van der Waals surface area contributed by atoms with E-state index in [0.717, 1.165) is 12.8 Å². The minimum Gasteiger partial charge on any atom is -0.406 e. The first-order valence-corrected chi connectivity index (χ1v) is 10.1. The number of alkyl halides is 3. The van der Waals surface area contributed by atoms with E-state index in [0.29, 0.717) is 31.0 Å². The number of benzene rings is 1. The molecule has 1 saturated carbocycles. The van der Waals surface area contributed by atoms with Crippen LogP contribution in [0, 0.1) is 5.92 Å². The van der Waals surface area contributed by atoms with Crippen LogP contribution in [0.5, 0.6) is 5.75 Å². The van der Waals surface area contributed by atoms with E-state index < -0.39 is 6.36 Å². The molecule has 2 amide bonds. The smallest absolute Gasteiger partial charge is 0.406 e. The van der Waals surface area contributed by atoms with Gasteiger partial charge in [-0.1, -0.05) is 12.1 Å². The summed E-state index contributed by atoms with van der Waals surface area (Å²) in [4.78, 5) is 28.5. The summed E-state index contributed by atoms with van der Waals surface area (Å²) in [5, 5.41) is 0. The molecule has 1 atom stereocenters. The summed E-state index contributed by atoms with van der Waals surface area (Å²) < 4.78 is 46.7. The van der Waals surface area contributed by atoms with E-state index in [1.807, 2.05) is 13.8 Å². The molecule has 0 spiro atoms. The summed E-state index contributed by atoms with van der Waals surface area (Å²) in [7, 11) is 0. The monoisotopic (exact) mass is 428 g/mol. The van der Waals surface area contributed by atoms with Gasteiger partial charge in [0.05, 0.1) is 19.3 Å². The Bertz CT molecular complexity index is 748. The first kappa shape index (κ1) is 22.4. The lowest BCUT2D eigenvalue weighted by Gasteiger charge is -2.27. The number of rotatable bonds is 7. The van der Waals surface area contributed by atoms with Crippen molar-refractivity contribution in [1.29, 1.82) is 0 Å². The number of amides is 2. The third-order valence-electron chi connectivity index (χ3n) is 5.25. The van der Waals surface area contributed by atoms with Crippen LogP contribution in [0.4, 0.5) is 13.2 Å². The summed E-state index contributed by atoms with van der Waals surface area (Å²) >= 11 is 0. The van der Waals surface area contributed by atoms with Crippen molar-refractivity contribution in [2.75, 3.05) is 19.6 Å². The fraction of sp³-hybridized carbons (Fsp3) is 0.619. The molecule has 1 unspecified atom stereocenters. The van der Waals surface area contributed by atoms with Crippen LogP contribution in [0.2, 0.25) is 0 Å². The van der Waals surface area contributed by atoms with Gasteiger partial charge in [0.25, 0.3) is 0 Å². The van der Waals surface area contributed by atoms with Crippen LogP contribution < -0.4 is 4.74 Å². The van der Waals surface area contributed by atoms with Gasteiger partial charge in [-0.2, -0.15) is 0 Å². The molecule has 166 valence electrons. The summed E-state index contributed by atoms with van der Waals surface area (Å²) in [6.45, 7) is 4.70. The Kier molecular flexibility index (Phi) is 6.90. The Morgan fingerprint density at radius 2 is 1.83 bits per heavy atom. The van der Waals surface area contributed by atoms with Gasteiger partial charge in [-0.25, -0.2) is 0 Å². The maximum Gasteiger partial charge on any atom is 0.573 e. The Morgan fingerprint density at radius 1 is 1.17 bits per heavy atom. The number of hydrogen-bond acceptors (Lipinski definition) is 4. The molecule has 2 fully saturated rings. The molecule has 1 heterocycles. The summed E-state index contributed by atoms with van der Waals surface area (Å²) in [6.07, 6.45) is -2.54. The molecule has 1 aromatic carbocycles. The summed E-state index contributed by atoms with van der Waals surface area (Å²) in [6, 6.07) is 5.43. The highest BCUT2D eigenvalue weighted by atomic mass is 19.4. The lowest BCUT2D eigenvalue weighted by Crippen LogP contribution is -2.42. The third kappa shape index (κ3) is 6.62. The number of carbonyl (C=O) groups is 2. The van der Waals surface area contributed by atoms with E-state index >= 15 is 0 Å². The van der Waals surface area contributed by atoms with Gasteiger partial charge in [0, 0.05) is 25.6 Å². The van der Waals surface area contributed by atoms with Crippen molar-refractivity contribution < 1.29 is 32.2 Å². The molecule has 1 aliphatic carbocycles. The second kappa shape index (κ2) is 9.24. The number of ether oxygens (including phenoxy) is 2. The molecule has 6 nitrogen and oxygen atoms in total. The highest BCUT2D eigenvalue weighted by Gasteiger charge is 2.34. The molecule has 1 aromatic rings. The molecular formula is C21H27F3N2O4. The van der Waals surface area contributed by atoms with Gasteiger partial charge in [0.1, 0.15) is 5.75 Å². The van der Waals surface area contributed by atoms with Crippen molar-refractivity contribution in [3.05, 3.63) is 29.8 Å². The van der Waals surface area contributed by atoms with Crippen molar-refractivity contribution >= 4 is 11.8 Å². The number of halogens is 3. The predicted molar refractivity (Wildman–Crippen MR) is 102 cm³/mol. The molecule has 0 bridgehead atoms. The molecule has 1 saturated heterocycles. The molecule has 0 aromatic heterocycles. The van der Waals surface area contributed by atoms with E-state index in [4.69, 9.17) is 4.74 Å². The third-order valence-corrected chi connectivity index (χ3v) is 5.25. The van der Waals surface area contributed by atoms with Gasteiger partial charge in [-0.3, -0.25) is 9.59 Å². The quantitative estimate of drug-likeness (QED) is 0.668.